The van der Waals surface area contributed by atoms with Gasteiger partial charge in [-0.2, -0.15) is 0 Å². The summed E-state index contributed by atoms with van der Waals surface area (Å²) in [6, 6.07) is 4.75. The summed E-state index contributed by atoms with van der Waals surface area (Å²) >= 11 is 5.39. The van der Waals surface area contributed by atoms with Gasteiger partial charge in [-0.1, -0.05) is 12.2 Å². The molecule has 76 valence electrons. The van der Waals surface area contributed by atoms with Crippen LogP contribution >= 0.6 is 12.2 Å². The third-order valence-corrected chi connectivity index (χ3v) is 3.47. The fraction of sp³-hybridized carbons (Fsp3) is 0.250. The minimum absolute atomic E-state index is 0.222. The Balaban J connectivity index is 2.47. The van der Waals surface area contributed by atoms with Crippen LogP contribution in [-0.2, 0) is 12.8 Å². The van der Waals surface area contributed by atoms with Crippen molar-refractivity contribution < 1.29 is 4.39 Å². The maximum absolute atomic E-state index is 13.1. The third-order valence-electron chi connectivity index (χ3n) is 3.00. The number of nitrogens with one attached hydrogen (secondary N) is 1. The average molecular weight is 219 g/mol. The molecule has 15 heavy (non-hydrogen) atoms. The van der Waals surface area contributed by atoms with Crippen molar-refractivity contribution in [3.8, 4) is 0 Å². The molecule has 3 rings (SSSR count). The lowest BCUT2D eigenvalue weighted by Gasteiger charge is -2.05. The van der Waals surface area contributed by atoms with Crippen molar-refractivity contribution >= 4 is 23.1 Å². The van der Waals surface area contributed by atoms with E-state index in [1.165, 1.54) is 23.4 Å². The van der Waals surface area contributed by atoms with Gasteiger partial charge in [0.05, 0.1) is 4.51 Å². The lowest BCUT2D eigenvalue weighted by molar-refractivity contribution is 0.629. The Morgan fingerprint density at radius 2 is 2.13 bits per heavy atom. The molecule has 0 amide bonds. The molecule has 1 aliphatic rings. The Hall–Kier alpha value is -1.22. The summed E-state index contributed by atoms with van der Waals surface area (Å²) in [5.41, 5.74) is 3.39. The second-order valence-corrected chi connectivity index (χ2v) is 4.36. The van der Waals surface area contributed by atoms with Crippen LogP contribution in [0.1, 0.15) is 17.7 Å². The Kier molecular flexibility index (Phi) is 1.89. The SMILES string of the molecule is Fc1ccc2[nH]c3c(c(=S)c2c1)CCC3. The first-order valence-electron chi connectivity index (χ1n) is 5.09. The van der Waals surface area contributed by atoms with E-state index in [1.54, 1.807) is 6.07 Å². The second kappa shape index (κ2) is 3.14. The third kappa shape index (κ3) is 1.30. The van der Waals surface area contributed by atoms with Gasteiger partial charge in [0.15, 0.2) is 0 Å². The van der Waals surface area contributed by atoms with Gasteiger partial charge in [0.25, 0.3) is 0 Å². The van der Waals surface area contributed by atoms with E-state index in [9.17, 15) is 4.39 Å². The highest BCUT2D eigenvalue weighted by Crippen LogP contribution is 2.26. The van der Waals surface area contributed by atoms with Crippen molar-refractivity contribution in [3.05, 3.63) is 39.8 Å². The number of aryl methyl sites for hydroxylation is 1. The number of aromatic nitrogens is 1. The molecular weight excluding hydrogens is 209 g/mol. The van der Waals surface area contributed by atoms with Crippen molar-refractivity contribution in [2.24, 2.45) is 0 Å². The zero-order chi connectivity index (χ0) is 10.4. The molecule has 0 aliphatic heterocycles. The van der Waals surface area contributed by atoms with E-state index < -0.39 is 0 Å². The van der Waals surface area contributed by atoms with Gasteiger partial charge >= 0.3 is 0 Å². The van der Waals surface area contributed by atoms with Gasteiger partial charge < -0.3 is 4.98 Å². The maximum Gasteiger partial charge on any atom is 0.124 e. The van der Waals surface area contributed by atoms with E-state index in [0.29, 0.717) is 0 Å². The summed E-state index contributed by atoms with van der Waals surface area (Å²) in [5.74, 6) is -0.222. The molecule has 1 aromatic heterocycles. The number of hydrogen-bond acceptors (Lipinski definition) is 1. The predicted octanol–water partition coefficient (Wildman–Crippen LogP) is 3.53. The summed E-state index contributed by atoms with van der Waals surface area (Å²) in [6.07, 6.45) is 3.23. The van der Waals surface area contributed by atoms with Crippen LogP contribution in [0.3, 0.4) is 0 Å². The summed E-state index contributed by atoms with van der Waals surface area (Å²) < 4.78 is 13.9. The Morgan fingerprint density at radius 1 is 1.27 bits per heavy atom. The molecule has 0 radical (unpaired) electrons. The van der Waals surface area contributed by atoms with Crippen molar-refractivity contribution in [2.45, 2.75) is 19.3 Å². The number of pyridine rings is 1. The largest absolute Gasteiger partial charge is 0.358 e. The highest BCUT2D eigenvalue weighted by Gasteiger charge is 2.14. The van der Waals surface area contributed by atoms with Gasteiger partial charge in [0.2, 0.25) is 0 Å². The van der Waals surface area contributed by atoms with Crippen LogP contribution in [0.2, 0.25) is 0 Å². The molecular formula is C12H10FNS. The summed E-state index contributed by atoms with van der Waals surface area (Å²) in [7, 11) is 0. The fourth-order valence-corrected chi connectivity index (χ4v) is 2.66. The van der Waals surface area contributed by atoms with Crippen molar-refractivity contribution in [2.75, 3.05) is 0 Å². The van der Waals surface area contributed by atoms with Crippen LogP contribution in [0.15, 0.2) is 18.2 Å². The zero-order valence-electron chi connectivity index (χ0n) is 8.14. The van der Waals surface area contributed by atoms with E-state index in [2.05, 4.69) is 4.98 Å². The van der Waals surface area contributed by atoms with Gasteiger partial charge in [-0.15, -0.1) is 0 Å². The standard InChI is InChI=1S/C12H10FNS/c13-7-4-5-11-9(6-7)12(15)8-2-1-3-10(8)14-11/h4-6H,1-3H2,(H,14,15). The number of H-pyrrole nitrogens is 1. The van der Waals surface area contributed by atoms with Gasteiger partial charge in [0.1, 0.15) is 5.82 Å². The van der Waals surface area contributed by atoms with Crippen LogP contribution in [0.4, 0.5) is 4.39 Å². The van der Waals surface area contributed by atoms with Gasteiger partial charge in [0, 0.05) is 16.6 Å². The van der Waals surface area contributed by atoms with E-state index in [4.69, 9.17) is 12.2 Å². The molecule has 1 aliphatic carbocycles. The molecule has 1 aromatic carbocycles. The summed E-state index contributed by atoms with van der Waals surface area (Å²) in [6.45, 7) is 0. The minimum atomic E-state index is -0.222. The van der Waals surface area contributed by atoms with Gasteiger partial charge in [-0.05, 0) is 43.0 Å². The maximum atomic E-state index is 13.1. The van der Waals surface area contributed by atoms with Crippen molar-refractivity contribution in [1.29, 1.82) is 0 Å². The predicted molar refractivity (Wildman–Crippen MR) is 61.1 cm³/mol. The highest BCUT2D eigenvalue weighted by molar-refractivity contribution is 7.71. The quantitative estimate of drug-likeness (QED) is 0.670. The smallest absolute Gasteiger partial charge is 0.124 e. The molecule has 0 fully saturated rings. The van der Waals surface area contributed by atoms with E-state index in [1.807, 2.05) is 0 Å². The lowest BCUT2D eigenvalue weighted by Crippen LogP contribution is -1.92. The average Bonchev–Trinajstić information content (AvgIpc) is 2.68. The number of aromatic amines is 1. The lowest BCUT2D eigenvalue weighted by atomic mass is 10.1. The Bertz CT molecular complexity index is 600. The summed E-state index contributed by atoms with van der Waals surface area (Å²) in [5, 5.41) is 0.839. The number of fused-ring (bicyclic) bond motifs is 2. The number of rotatable bonds is 0. The van der Waals surface area contributed by atoms with Crippen LogP contribution in [0.5, 0.6) is 0 Å². The van der Waals surface area contributed by atoms with Crippen LogP contribution in [0.25, 0.3) is 10.9 Å². The number of benzene rings is 1. The van der Waals surface area contributed by atoms with Gasteiger partial charge in [-0.25, -0.2) is 4.39 Å². The monoisotopic (exact) mass is 219 g/mol. The van der Waals surface area contributed by atoms with E-state index in [-0.39, 0.29) is 5.82 Å². The van der Waals surface area contributed by atoms with E-state index in [0.717, 1.165) is 34.7 Å². The molecule has 0 unspecified atom stereocenters. The van der Waals surface area contributed by atoms with Gasteiger partial charge in [-0.3, -0.25) is 0 Å². The normalized spacial score (nSPS) is 14.5. The molecule has 1 N–H and O–H groups in total. The molecule has 3 heteroatoms. The summed E-state index contributed by atoms with van der Waals surface area (Å²) in [4.78, 5) is 3.34. The van der Waals surface area contributed by atoms with Crippen LogP contribution in [0, 0.1) is 10.3 Å². The second-order valence-electron chi connectivity index (χ2n) is 3.95. The highest BCUT2D eigenvalue weighted by atomic mass is 32.1. The molecule has 0 atom stereocenters. The topological polar surface area (TPSA) is 15.8 Å². The molecule has 2 aromatic rings. The van der Waals surface area contributed by atoms with Crippen molar-refractivity contribution in [3.63, 3.8) is 0 Å². The fourth-order valence-electron chi connectivity index (χ4n) is 2.27. The molecule has 0 spiro atoms. The molecule has 0 bridgehead atoms. The number of hydrogen-bond donors (Lipinski definition) is 1. The molecule has 1 nitrogen and oxygen atoms in total. The zero-order valence-corrected chi connectivity index (χ0v) is 8.96. The first-order valence-corrected chi connectivity index (χ1v) is 5.50. The minimum Gasteiger partial charge on any atom is -0.358 e. The van der Waals surface area contributed by atoms with Crippen molar-refractivity contribution in [1.82, 2.24) is 4.98 Å². The Morgan fingerprint density at radius 3 is 3.00 bits per heavy atom. The molecule has 1 heterocycles. The van der Waals surface area contributed by atoms with Crippen LogP contribution < -0.4 is 0 Å². The first-order chi connectivity index (χ1) is 7.25. The Labute approximate surface area is 91.9 Å². The molecule has 0 saturated heterocycles. The van der Waals surface area contributed by atoms with Crippen LogP contribution in [-0.4, -0.2) is 4.98 Å². The number of halogens is 1. The van der Waals surface area contributed by atoms with E-state index >= 15 is 0 Å². The first kappa shape index (κ1) is 9.04. The molecule has 0 saturated carbocycles.